The van der Waals surface area contributed by atoms with Crippen molar-refractivity contribution in [2.24, 2.45) is 0 Å². The maximum absolute atomic E-state index is 5.18. The molecule has 0 spiro atoms. The van der Waals surface area contributed by atoms with Crippen molar-refractivity contribution in [2.75, 3.05) is 24.3 Å². The van der Waals surface area contributed by atoms with E-state index in [0.29, 0.717) is 17.7 Å². The van der Waals surface area contributed by atoms with E-state index < -0.39 is 0 Å². The summed E-state index contributed by atoms with van der Waals surface area (Å²) in [5.74, 6) is 2.54. The van der Waals surface area contributed by atoms with Crippen molar-refractivity contribution >= 4 is 17.5 Å². The van der Waals surface area contributed by atoms with Crippen LogP contribution < -0.4 is 15.4 Å². The van der Waals surface area contributed by atoms with Gasteiger partial charge >= 0.3 is 0 Å². The third-order valence-electron chi connectivity index (χ3n) is 4.27. The third-order valence-corrected chi connectivity index (χ3v) is 4.27. The predicted molar refractivity (Wildman–Crippen MR) is 109 cm³/mol. The summed E-state index contributed by atoms with van der Waals surface area (Å²) < 4.78 is 5.18. The van der Waals surface area contributed by atoms with Crippen LogP contribution in [0.15, 0.2) is 54.7 Å². The second-order valence-corrected chi connectivity index (χ2v) is 6.59. The van der Waals surface area contributed by atoms with E-state index in [1.54, 1.807) is 13.3 Å². The lowest BCUT2D eigenvalue weighted by molar-refractivity contribution is 0.414. The monoisotopic (exact) mass is 363 g/mol. The largest absolute Gasteiger partial charge is 0.497 e. The second-order valence-electron chi connectivity index (χ2n) is 6.59. The second kappa shape index (κ2) is 8.98. The summed E-state index contributed by atoms with van der Waals surface area (Å²) in [6.07, 6.45) is 2.51. The van der Waals surface area contributed by atoms with Crippen LogP contribution in [0.2, 0.25) is 0 Å². The van der Waals surface area contributed by atoms with E-state index in [-0.39, 0.29) is 0 Å². The van der Waals surface area contributed by atoms with Crippen molar-refractivity contribution in [3.63, 3.8) is 0 Å². The number of hydrogen-bond donors (Lipinski definition) is 2. The van der Waals surface area contributed by atoms with Gasteiger partial charge in [0.25, 0.3) is 0 Å². The Balaban J connectivity index is 1.55. The van der Waals surface area contributed by atoms with E-state index in [1.807, 2.05) is 24.3 Å². The molecule has 0 radical (unpaired) electrons. The molecule has 2 N–H and O–H groups in total. The topological polar surface area (TPSA) is 72.0 Å². The number of aromatic nitrogens is 3. The Kier molecular flexibility index (Phi) is 6.20. The number of rotatable bonds is 8. The Morgan fingerprint density at radius 2 is 1.74 bits per heavy atom. The maximum atomic E-state index is 5.18. The summed E-state index contributed by atoms with van der Waals surface area (Å²) in [6.45, 7) is 5.11. The highest BCUT2D eigenvalue weighted by Crippen LogP contribution is 2.19. The fourth-order valence-electron chi connectivity index (χ4n) is 2.65. The highest BCUT2D eigenvalue weighted by molar-refractivity contribution is 5.54. The summed E-state index contributed by atoms with van der Waals surface area (Å²) in [6, 6.07) is 16.3. The first-order chi connectivity index (χ1) is 13.1. The van der Waals surface area contributed by atoms with Crippen molar-refractivity contribution in [1.29, 1.82) is 0 Å². The summed E-state index contributed by atoms with van der Waals surface area (Å²) in [7, 11) is 1.67. The van der Waals surface area contributed by atoms with Crippen molar-refractivity contribution in [2.45, 2.75) is 26.2 Å². The molecule has 0 saturated carbocycles. The molecule has 2 aromatic carbocycles. The molecule has 140 valence electrons. The molecule has 0 saturated heterocycles. The molecular weight excluding hydrogens is 338 g/mol. The number of benzene rings is 2. The molecule has 0 fully saturated rings. The molecular formula is C21H25N5O. The van der Waals surface area contributed by atoms with E-state index >= 15 is 0 Å². The van der Waals surface area contributed by atoms with Crippen LogP contribution in [0.25, 0.3) is 0 Å². The molecule has 6 heteroatoms. The van der Waals surface area contributed by atoms with Crippen molar-refractivity contribution < 1.29 is 4.74 Å². The molecule has 3 aromatic rings. The minimum absolute atomic E-state index is 0.474. The van der Waals surface area contributed by atoms with Crippen molar-refractivity contribution in [3.8, 4) is 5.75 Å². The van der Waals surface area contributed by atoms with Crippen molar-refractivity contribution in [1.82, 2.24) is 15.2 Å². The van der Waals surface area contributed by atoms with Crippen LogP contribution in [0, 0.1) is 0 Å². The number of ether oxygens (including phenoxy) is 1. The van der Waals surface area contributed by atoms with E-state index in [1.165, 1.54) is 11.1 Å². The molecule has 0 aliphatic carbocycles. The van der Waals surface area contributed by atoms with Crippen LogP contribution in [-0.4, -0.2) is 28.8 Å². The Labute approximate surface area is 160 Å². The fraction of sp³-hybridized carbons (Fsp3) is 0.286. The Morgan fingerprint density at radius 3 is 2.41 bits per heavy atom. The first kappa shape index (κ1) is 18.6. The zero-order valence-electron chi connectivity index (χ0n) is 15.9. The summed E-state index contributed by atoms with van der Waals surface area (Å²) in [5, 5.41) is 14.6. The molecule has 3 rings (SSSR count). The molecule has 1 heterocycles. The zero-order chi connectivity index (χ0) is 19.1. The van der Waals surface area contributed by atoms with Gasteiger partial charge < -0.3 is 15.4 Å². The van der Waals surface area contributed by atoms with Crippen LogP contribution >= 0.6 is 0 Å². The fourth-order valence-corrected chi connectivity index (χ4v) is 2.65. The normalized spacial score (nSPS) is 10.7. The van der Waals surface area contributed by atoms with Gasteiger partial charge in [0.1, 0.15) is 5.75 Å². The summed E-state index contributed by atoms with van der Waals surface area (Å²) >= 11 is 0. The summed E-state index contributed by atoms with van der Waals surface area (Å²) in [4.78, 5) is 4.47. The van der Waals surface area contributed by atoms with Gasteiger partial charge in [-0.3, -0.25) is 0 Å². The van der Waals surface area contributed by atoms with Gasteiger partial charge in [0.15, 0.2) is 5.82 Å². The van der Waals surface area contributed by atoms with Gasteiger partial charge in [-0.05, 0) is 47.7 Å². The van der Waals surface area contributed by atoms with Gasteiger partial charge in [-0.15, -0.1) is 5.10 Å². The maximum Gasteiger partial charge on any atom is 0.249 e. The molecule has 0 bridgehead atoms. The molecule has 1 aromatic heterocycles. The average molecular weight is 363 g/mol. The molecule has 0 atom stereocenters. The number of nitrogens with one attached hydrogen (secondary N) is 2. The Bertz CT molecular complexity index is 847. The van der Waals surface area contributed by atoms with Crippen LogP contribution in [-0.2, 0) is 6.42 Å². The minimum atomic E-state index is 0.474. The molecule has 0 aliphatic heterocycles. The highest BCUT2D eigenvalue weighted by Gasteiger charge is 2.03. The summed E-state index contributed by atoms with van der Waals surface area (Å²) in [5.41, 5.74) is 3.47. The van der Waals surface area contributed by atoms with Gasteiger partial charge in [0, 0.05) is 12.2 Å². The van der Waals surface area contributed by atoms with E-state index in [2.05, 4.69) is 63.9 Å². The van der Waals surface area contributed by atoms with Crippen LogP contribution in [0.5, 0.6) is 5.75 Å². The lowest BCUT2D eigenvalue weighted by Crippen LogP contribution is -2.08. The van der Waals surface area contributed by atoms with E-state index in [4.69, 9.17) is 4.74 Å². The van der Waals surface area contributed by atoms with Crippen molar-refractivity contribution in [3.05, 3.63) is 65.9 Å². The number of nitrogens with zero attached hydrogens (tertiary/aromatic N) is 3. The van der Waals surface area contributed by atoms with Gasteiger partial charge in [-0.25, -0.2) is 0 Å². The van der Waals surface area contributed by atoms with Crippen LogP contribution in [0.4, 0.5) is 17.5 Å². The minimum Gasteiger partial charge on any atom is -0.497 e. The van der Waals surface area contributed by atoms with Crippen LogP contribution in [0.3, 0.4) is 0 Å². The lowest BCUT2D eigenvalue weighted by atomic mass is 10.0. The lowest BCUT2D eigenvalue weighted by Gasteiger charge is -2.09. The average Bonchev–Trinajstić information content (AvgIpc) is 2.69. The predicted octanol–water partition coefficient (Wildman–Crippen LogP) is 4.40. The number of anilines is 3. The Morgan fingerprint density at radius 1 is 1.00 bits per heavy atom. The molecule has 27 heavy (non-hydrogen) atoms. The smallest absolute Gasteiger partial charge is 0.249 e. The highest BCUT2D eigenvalue weighted by atomic mass is 16.5. The van der Waals surface area contributed by atoms with E-state index in [9.17, 15) is 0 Å². The van der Waals surface area contributed by atoms with Gasteiger partial charge in [-0.2, -0.15) is 10.1 Å². The van der Waals surface area contributed by atoms with Gasteiger partial charge in [-0.1, -0.05) is 38.1 Å². The Hall–Kier alpha value is -3.15. The number of hydrogen-bond acceptors (Lipinski definition) is 6. The van der Waals surface area contributed by atoms with Gasteiger partial charge in [0.2, 0.25) is 5.95 Å². The van der Waals surface area contributed by atoms with E-state index in [0.717, 1.165) is 24.4 Å². The number of methoxy groups -OCH3 is 1. The molecule has 0 aliphatic rings. The first-order valence-corrected chi connectivity index (χ1v) is 9.07. The molecule has 0 amide bonds. The SMILES string of the molecule is COc1ccc(CCNc2cnnc(Nc3ccc(C(C)C)cc3)n2)cc1. The zero-order valence-corrected chi connectivity index (χ0v) is 15.9. The van der Waals surface area contributed by atoms with Crippen LogP contribution in [0.1, 0.15) is 30.9 Å². The first-order valence-electron chi connectivity index (χ1n) is 9.07. The quantitative estimate of drug-likeness (QED) is 0.618. The molecule has 0 unspecified atom stereocenters. The third kappa shape index (κ3) is 5.41. The van der Waals surface area contributed by atoms with Gasteiger partial charge in [0.05, 0.1) is 13.3 Å². The standard InChI is InChI=1S/C21H25N5O/c1-15(2)17-6-8-18(9-7-17)24-21-25-20(14-23-26-21)22-13-12-16-4-10-19(27-3)11-5-16/h4-11,14-15H,12-13H2,1-3H3,(H2,22,24,25,26). The molecule has 6 nitrogen and oxygen atoms in total.